The number of allylic oxidation sites excluding steroid dienone is 4. The normalized spacial score (nSPS) is 17.7. The molecule has 0 aromatic heterocycles. The highest BCUT2D eigenvalue weighted by Gasteiger charge is 2.14. The minimum Gasteiger partial charge on any atom is -0.503 e. The summed E-state index contributed by atoms with van der Waals surface area (Å²) in [6, 6.07) is 1.83. The van der Waals surface area contributed by atoms with Gasteiger partial charge in [0.15, 0.2) is 6.10 Å². The molecule has 0 bridgehead atoms. The fourth-order valence-electron chi connectivity index (χ4n) is 1.33. The number of rotatable bonds is 3. The molecule has 0 amide bonds. The Morgan fingerprint density at radius 2 is 2.50 bits per heavy atom. The van der Waals surface area contributed by atoms with Gasteiger partial charge in [-0.2, -0.15) is 5.26 Å². The largest absolute Gasteiger partial charge is 0.503 e. The van der Waals surface area contributed by atoms with Crippen LogP contribution in [0.1, 0.15) is 6.42 Å². The molecule has 0 saturated heterocycles. The molecule has 1 N–H and O–H groups in total. The average Bonchev–Trinajstić information content (AvgIpc) is 2.43. The predicted molar refractivity (Wildman–Crippen MR) is 56.0 cm³/mol. The Hall–Kier alpha value is -0.838. The molecule has 0 aromatic rings. The van der Waals surface area contributed by atoms with E-state index in [1.165, 1.54) is 0 Å². The summed E-state index contributed by atoms with van der Waals surface area (Å²) >= 11 is 0.653. The molecule has 0 heterocycles. The lowest BCUT2D eigenvalue weighted by atomic mass is 10.0. The number of aliphatic hydroxyl groups is 1. The van der Waals surface area contributed by atoms with Crippen LogP contribution < -0.4 is 0 Å². The molecule has 0 radical (unpaired) electrons. The van der Waals surface area contributed by atoms with E-state index in [-0.39, 0.29) is 0 Å². The lowest BCUT2D eigenvalue weighted by Gasteiger charge is -2.12. The monoisotopic (exact) mass is 205 g/mol. The number of hydrogen-bond donors (Lipinski definition) is 1. The Bertz CT molecular complexity index is 326. The van der Waals surface area contributed by atoms with Crippen LogP contribution in [0.3, 0.4) is 0 Å². The van der Waals surface area contributed by atoms with Gasteiger partial charge in [0.2, 0.25) is 0 Å². The first-order chi connectivity index (χ1) is 6.79. The fourth-order valence-corrected chi connectivity index (χ4v) is 1.64. The summed E-state index contributed by atoms with van der Waals surface area (Å²) in [7, 11) is 0. The third kappa shape index (κ3) is 2.84. The van der Waals surface area contributed by atoms with Crippen molar-refractivity contribution in [3.63, 3.8) is 0 Å². The van der Waals surface area contributed by atoms with E-state index in [1.807, 2.05) is 30.4 Å². The van der Waals surface area contributed by atoms with Crippen LogP contribution in [-0.4, -0.2) is 34.4 Å². The molecular weight excluding hydrogens is 193 g/mol. The maximum Gasteiger partial charge on any atom is 0.410 e. The minimum absolute atomic E-state index is 0.473. The highest BCUT2D eigenvalue weighted by molar-refractivity contribution is 5.98. The maximum absolute atomic E-state index is 9.46. The molecule has 1 aliphatic rings. The summed E-state index contributed by atoms with van der Waals surface area (Å²) < 4.78 is 5.14. The van der Waals surface area contributed by atoms with Gasteiger partial charge in [-0.3, -0.25) is 0 Å². The summed E-state index contributed by atoms with van der Waals surface area (Å²) in [5.74, 6) is 0. The van der Waals surface area contributed by atoms with Gasteiger partial charge in [-0.25, -0.2) is 0 Å². The summed E-state index contributed by atoms with van der Waals surface area (Å²) in [5.41, 5.74) is 1.57. The van der Waals surface area contributed by atoms with E-state index >= 15 is 0 Å². The summed E-state index contributed by atoms with van der Waals surface area (Å²) in [6.45, 7) is 0.473. The predicted octanol–water partition coefficient (Wildman–Crippen LogP) is 0.248. The van der Waals surface area contributed by atoms with Gasteiger partial charge in [0.05, 0.1) is 6.07 Å². The van der Waals surface area contributed by atoms with Crippen LogP contribution >= 0.6 is 0 Å². The quantitative estimate of drug-likeness (QED) is 0.530. The van der Waals surface area contributed by atoms with Gasteiger partial charge >= 0.3 is 16.6 Å². The second-order valence-corrected chi connectivity index (χ2v) is 3.56. The van der Waals surface area contributed by atoms with Crippen molar-refractivity contribution in [3.05, 3.63) is 35.5 Å². The van der Waals surface area contributed by atoms with Gasteiger partial charge in [-0.15, -0.1) is 0 Å². The van der Waals surface area contributed by atoms with Gasteiger partial charge in [0.25, 0.3) is 0 Å². The van der Waals surface area contributed by atoms with Crippen LogP contribution in [0.5, 0.6) is 0 Å². The van der Waals surface area contributed by atoms with Gasteiger partial charge in [0.1, 0.15) is 0 Å². The number of nitriles is 1. The fraction of sp³-hybridized carbons (Fsp3) is 0.300. The highest BCUT2D eigenvalue weighted by atomic mass is 27.1. The van der Waals surface area contributed by atoms with Crippen LogP contribution in [0.4, 0.5) is 0 Å². The first-order valence-corrected chi connectivity index (χ1v) is 5.24. The van der Waals surface area contributed by atoms with E-state index in [4.69, 9.17) is 9.05 Å². The van der Waals surface area contributed by atoms with E-state index in [1.54, 1.807) is 0 Å². The van der Waals surface area contributed by atoms with Crippen LogP contribution in [0.25, 0.3) is 0 Å². The molecule has 14 heavy (non-hydrogen) atoms. The van der Waals surface area contributed by atoms with Gasteiger partial charge in [-0.05, 0) is 17.6 Å². The third-order valence-electron chi connectivity index (χ3n) is 1.99. The van der Waals surface area contributed by atoms with Crippen molar-refractivity contribution in [1.29, 1.82) is 5.26 Å². The third-order valence-corrected chi connectivity index (χ3v) is 2.28. The standard InChI is InChI=1S/C10H10NO2.Al.2H/c11-6-10(13)9-5-3-1-2-4-8(9)7-12;;;/h1-2,4-5,10,13H,3,7H2;;;/q-1;+1;;. The number of hydrogen-bond acceptors (Lipinski definition) is 3. The Kier molecular flexibility index (Phi) is 4.66. The van der Waals surface area contributed by atoms with Crippen LogP contribution in [0, 0.1) is 11.3 Å². The second kappa shape index (κ2) is 5.80. The SMILES string of the molecule is N#CC(O)C1=CCC=CC=C1C[O][AlH2]. The first kappa shape index (κ1) is 11.2. The zero-order chi connectivity index (χ0) is 10.4. The molecule has 1 rings (SSSR count). The zero-order valence-electron chi connectivity index (χ0n) is 8.10. The molecule has 1 atom stereocenters. The Morgan fingerprint density at radius 1 is 1.71 bits per heavy atom. The van der Waals surface area contributed by atoms with Crippen LogP contribution in [-0.2, 0) is 3.79 Å². The van der Waals surface area contributed by atoms with E-state index in [9.17, 15) is 5.11 Å². The van der Waals surface area contributed by atoms with Crippen molar-refractivity contribution in [1.82, 2.24) is 0 Å². The molecule has 3 nitrogen and oxygen atoms in total. The molecule has 0 aromatic carbocycles. The average molecular weight is 205 g/mol. The number of nitrogens with zero attached hydrogens (tertiary/aromatic N) is 1. The van der Waals surface area contributed by atoms with Gasteiger partial charge < -0.3 is 8.90 Å². The Morgan fingerprint density at radius 3 is 3.14 bits per heavy atom. The molecule has 0 spiro atoms. The lowest BCUT2D eigenvalue weighted by Crippen LogP contribution is -2.12. The van der Waals surface area contributed by atoms with E-state index in [0.717, 1.165) is 12.0 Å². The molecular formula is C10H12AlNO2. The lowest BCUT2D eigenvalue weighted by molar-refractivity contribution is 0.264. The topological polar surface area (TPSA) is 53.2 Å². The summed E-state index contributed by atoms with van der Waals surface area (Å²) in [4.78, 5) is 0. The van der Waals surface area contributed by atoms with Crippen molar-refractivity contribution in [2.45, 2.75) is 12.5 Å². The molecule has 4 heteroatoms. The molecule has 0 saturated carbocycles. The van der Waals surface area contributed by atoms with Crippen molar-refractivity contribution >= 4 is 16.6 Å². The zero-order valence-corrected chi connectivity index (χ0v) is 10.1. The summed E-state index contributed by atoms with van der Waals surface area (Å²) in [6.07, 6.45) is 7.35. The first-order valence-electron chi connectivity index (χ1n) is 4.42. The van der Waals surface area contributed by atoms with Crippen molar-refractivity contribution in [2.24, 2.45) is 0 Å². The Labute approximate surface area is 91.7 Å². The van der Waals surface area contributed by atoms with E-state index in [2.05, 4.69) is 0 Å². The van der Waals surface area contributed by atoms with E-state index in [0.29, 0.717) is 28.8 Å². The molecule has 0 aliphatic heterocycles. The molecule has 72 valence electrons. The smallest absolute Gasteiger partial charge is 0.410 e. The maximum atomic E-state index is 9.46. The molecule has 1 unspecified atom stereocenters. The second-order valence-electron chi connectivity index (χ2n) is 2.98. The van der Waals surface area contributed by atoms with Crippen molar-refractivity contribution in [3.8, 4) is 6.07 Å². The van der Waals surface area contributed by atoms with Crippen molar-refractivity contribution in [2.75, 3.05) is 6.61 Å². The molecule has 0 fully saturated rings. The summed E-state index contributed by atoms with van der Waals surface area (Å²) in [5, 5.41) is 18.1. The molecule has 1 aliphatic carbocycles. The van der Waals surface area contributed by atoms with Gasteiger partial charge in [0, 0.05) is 6.61 Å². The van der Waals surface area contributed by atoms with E-state index < -0.39 is 6.10 Å². The highest BCUT2D eigenvalue weighted by Crippen LogP contribution is 2.18. The Balaban J connectivity index is 2.90. The van der Waals surface area contributed by atoms with Crippen LogP contribution in [0.2, 0.25) is 0 Å². The van der Waals surface area contributed by atoms with Crippen LogP contribution in [0.15, 0.2) is 35.5 Å². The minimum atomic E-state index is -1.04. The number of aliphatic hydroxyl groups excluding tert-OH is 1. The van der Waals surface area contributed by atoms with Crippen molar-refractivity contribution < 1.29 is 8.90 Å². The van der Waals surface area contributed by atoms with Gasteiger partial charge in [-0.1, -0.05) is 24.3 Å².